The number of phenolic OH excluding ortho intramolecular Hbond substituents is 1. The zero-order valence-electron chi connectivity index (χ0n) is 9.03. The molecule has 0 saturated carbocycles. The van der Waals surface area contributed by atoms with Crippen LogP contribution >= 0.6 is 0 Å². The Kier molecular flexibility index (Phi) is 1.61. The average molecular weight is 164 g/mol. The normalized spacial score (nSPS) is 14.1. The number of methoxy groups -OCH3 is 1. The van der Waals surface area contributed by atoms with Crippen LogP contribution in [-0.2, 0) is 4.74 Å². The predicted molar refractivity (Wildman–Crippen MR) is 42.2 cm³/mol. The van der Waals surface area contributed by atoms with Crippen LogP contribution in [0.1, 0.15) is 15.2 Å². The molecule has 0 aliphatic carbocycles. The Morgan fingerprint density at radius 3 is 3.08 bits per heavy atom. The molecule has 0 atom stereocenters. The van der Waals surface area contributed by atoms with Gasteiger partial charge in [-0.15, -0.1) is 0 Å². The highest BCUT2D eigenvalue weighted by Gasteiger charge is 2.01. The lowest BCUT2D eigenvalue weighted by molar-refractivity contribution is 0.292. The quantitative estimate of drug-likeness (QED) is 0.716. The van der Waals surface area contributed by atoms with Crippen molar-refractivity contribution in [3.8, 4) is 11.8 Å². The molecule has 12 heavy (non-hydrogen) atoms. The number of nitrogens with zero attached hydrogens (tertiary/aromatic N) is 1. The molecule has 0 heterocycles. The molecule has 3 nitrogen and oxygen atoms in total. The molecule has 0 fully saturated rings. The van der Waals surface area contributed by atoms with E-state index in [0.29, 0.717) is 0 Å². The standard InChI is InChI=1S/C9H7NO2/c1-12-6-7-2-3-8(5-10)9(11)4-7/h2-4,11H,1H3/i1D3. The Labute approximate surface area is 75.0 Å². The molecule has 0 saturated heterocycles. The Balaban J connectivity index is 2.73. The highest BCUT2D eigenvalue weighted by molar-refractivity contribution is 5.45. The first-order valence-corrected chi connectivity index (χ1v) is 3.09. The molecule has 60 valence electrons. The van der Waals surface area contributed by atoms with Gasteiger partial charge in [0.1, 0.15) is 11.8 Å². The predicted octanol–water partition coefficient (Wildman–Crippen LogP) is 1.30. The summed E-state index contributed by atoms with van der Waals surface area (Å²) >= 11 is 0. The molecule has 0 unspecified atom stereocenters. The number of hydrogen-bond acceptors (Lipinski definition) is 3. The molecular weight excluding hydrogens is 154 g/mol. The van der Waals surface area contributed by atoms with Gasteiger partial charge in [0.2, 0.25) is 0 Å². The maximum absolute atomic E-state index is 9.26. The number of hydrogen-bond donors (Lipinski definition) is 1. The van der Waals surface area contributed by atoms with Gasteiger partial charge in [-0.05, 0) is 17.7 Å². The smallest absolute Gasteiger partial charge is 0.165 e. The minimum absolute atomic E-state index is 0.106. The molecule has 0 bridgehead atoms. The number of phenols is 1. The van der Waals surface area contributed by atoms with Crippen molar-refractivity contribution in [2.75, 3.05) is 7.04 Å². The van der Waals surface area contributed by atoms with E-state index in [4.69, 9.17) is 9.37 Å². The fourth-order valence-electron chi connectivity index (χ4n) is 0.749. The molecule has 0 amide bonds. The summed E-state index contributed by atoms with van der Waals surface area (Å²) in [6.07, 6.45) is 0. The van der Waals surface area contributed by atoms with Crippen LogP contribution in [0.5, 0.6) is 5.75 Å². The summed E-state index contributed by atoms with van der Waals surface area (Å²) in [7, 11) is -2.57. The van der Waals surface area contributed by atoms with Gasteiger partial charge in [-0.3, -0.25) is 0 Å². The van der Waals surface area contributed by atoms with Crippen molar-refractivity contribution in [1.82, 2.24) is 0 Å². The van der Waals surface area contributed by atoms with E-state index in [1.54, 1.807) is 6.07 Å². The van der Waals surface area contributed by atoms with Crippen molar-refractivity contribution < 1.29 is 14.0 Å². The summed E-state index contributed by atoms with van der Waals surface area (Å²) in [6.45, 7) is 2.14. The van der Waals surface area contributed by atoms with Gasteiger partial charge in [0, 0.05) is 7.04 Å². The molecule has 2 radical (unpaired) electrons. The maximum atomic E-state index is 9.26. The lowest BCUT2D eigenvalue weighted by Gasteiger charge is -1.99. The highest BCUT2D eigenvalue weighted by atomic mass is 16.5. The number of aromatic hydroxyl groups is 1. The fourth-order valence-corrected chi connectivity index (χ4v) is 0.749. The molecular formula is C9H7NO2. The van der Waals surface area contributed by atoms with Crippen molar-refractivity contribution in [3.05, 3.63) is 35.9 Å². The largest absolute Gasteiger partial charge is 0.507 e. The molecule has 1 aromatic rings. The van der Waals surface area contributed by atoms with E-state index in [1.165, 1.54) is 18.2 Å². The van der Waals surface area contributed by atoms with Crippen LogP contribution in [0.4, 0.5) is 0 Å². The van der Waals surface area contributed by atoms with Crippen molar-refractivity contribution in [3.63, 3.8) is 0 Å². The van der Waals surface area contributed by atoms with Gasteiger partial charge in [0.05, 0.1) is 9.68 Å². The summed E-state index contributed by atoms with van der Waals surface area (Å²) in [5.41, 5.74) is 0.358. The Morgan fingerprint density at radius 1 is 1.67 bits per heavy atom. The lowest BCUT2D eigenvalue weighted by Crippen LogP contribution is -1.85. The van der Waals surface area contributed by atoms with Crippen LogP contribution in [-0.4, -0.2) is 12.1 Å². The summed E-state index contributed by atoms with van der Waals surface area (Å²) in [4.78, 5) is 0. The van der Waals surface area contributed by atoms with Crippen molar-refractivity contribution in [2.24, 2.45) is 0 Å². The molecule has 3 heteroatoms. The third kappa shape index (κ3) is 1.74. The summed E-state index contributed by atoms with van der Waals surface area (Å²) in [5.74, 6) is -0.239. The van der Waals surface area contributed by atoms with E-state index < -0.39 is 7.04 Å². The molecule has 0 spiro atoms. The Morgan fingerprint density at radius 2 is 2.50 bits per heavy atom. The average Bonchev–Trinajstić information content (AvgIpc) is 2.14. The van der Waals surface area contributed by atoms with Crippen LogP contribution in [0.3, 0.4) is 0 Å². The van der Waals surface area contributed by atoms with Crippen LogP contribution in [0.25, 0.3) is 0 Å². The first-order chi connectivity index (χ1) is 6.92. The van der Waals surface area contributed by atoms with Gasteiger partial charge in [-0.2, -0.15) is 5.26 Å². The van der Waals surface area contributed by atoms with E-state index in [9.17, 15) is 5.11 Å². The van der Waals surface area contributed by atoms with Gasteiger partial charge >= 0.3 is 0 Å². The second-order valence-corrected chi connectivity index (χ2v) is 2.05. The van der Waals surface area contributed by atoms with E-state index in [1.807, 2.05) is 0 Å². The summed E-state index contributed by atoms with van der Waals surface area (Å²) in [6, 6.07) is 5.73. The summed E-state index contributed by atoms with van der Waals surface area (Å²) in [5, 5.41) is 17.8. The topological polar surface area (TPSA) is 53.2 Å². The van der Waals surface area contributed by atoms with Gasteiger partial charge in [-0.25, -0.2) is 0 Å². The molecule has 1 aromatic carbocycles. The first-order valence-electron chi connectivity index (χ1n) is 4.59. The van der Waals surface area contributed by atoms with Crippen LogP contribution in [0, 0.1) is 17.9 Å². The SMILES string of the molecule is [2H]C([2H])([2H])O[C]c1ccc(C#N)c(O)c1. The van der Waals surface area contributed by atoms with Gasteiger partial charge in [-0.1, -0.05) is 6.07 Å². The number of ether oxygens (including phenoxy) is 1. The Bertz CT molecular complexity index is 395. The van der Waals surface area contributed by atoms with Gasteiger partial charge < -0.3 is 9.84 Å². The van der Waals surface area contributed by atoms with Gasteiger partial charge in [0.15, 0.2) is 6.61 Å². The van der Waals surface area contributed by atoms with E-state index in [0.717, 1.165) is 0 Å². The first kappa shape index (κ1) is 5.18. The lowest BCUT2D eigenvalue weighted by atomic mass is 10.1. The van der Waals surface area contributed by atoms with E-state index >= 15 is 0 Å². The number of rotatable bonds is 2. The van der Waals surface area contributed by atoms with Crippen molar-refractivity contribution >= 4 is 0 Å². The zero-order valence-corrected chi connectivity index (χ0v) is 6.03. The minimum atomic E-state index is -2.57. The van der Waals surface area contributed by atoms with E-state index in [2.05, 4.69) is 11.3 Å². The minimum Gasteiger partial charge on any atom is -0.507 e. The van der Waals surface area contributed by atoms with Crippen LogP contribution < -0.4 is 0 Å². The maximum Gasteiger partial charge on any atom is 0.165 e. The highest BCUT2D eigenvalue weighted by Crippen LogP contribution is 2.18. The van der Waals surface area contributed by atoms with Crippen LogP contribution in [0.15, 0.2) is 18.2 Å². The van der Waals surface area contributed by atoms with Gasteiger partial charge in [0.25, 0.3) is 0 Å². The van der Waals surface area contributed by atoms with E-state index in [-0.39, 0.29) is 16.9 Å². The molecule has 0 aliphatic rings. The third-order valence-electron chi connectivity index (χ3n) is 1.29. The fraction of sp³-hybridized carbons (Fsp3) is 0.111. The molecule has 0 aromatic heterocycles. The monoisotopic (exact) mass is 164 g/mol. The molecule has 0 aliphatic heterocycles. The second-order valence-electron chi connectivity index (χ2n) is 2.05. The van der Waals surface area contributed by atoms with Crippen molar-refractivity contribution in [1.29, 1.82) is 5.26 Å². The Hall–Kier alpha value is -1.53. The molecule has 1 rings (SSSR count). The van der Waals surface area contributed by atoms with Crippen molar-refractivity contribution in [2.45, 2.75) is 0 Å². The number of benzene rings is 1. The second kappa shape index (κ2) is 3.74. The number of nitriles is 1. The van der Waals surface area contributed by atoms with Crippen LogP contribution in [0.2, 0.25) is 0 Å². The molecule has 1 N–H and O–H groups in total. The third-order valence-corrected chi connectivity index (χ3v) is 1.29. The zero-order chi connectivity index (χ0) is 11.5. The summed E-state index contributed by atoms with van der Waals surface area (Å²) < 4.78 is 24.5.